The van der Waals surface area contributed by atoms with Crippen LogP contribution in [0.15, 0.2) is 23.3 Å². The number of carbonyl (C=O) groups excluding carboxylic acids is 1. The summed E-state index contributed by atoms with van der Waals surface area (Å²) in [6.07, 6.45) is 2.64. The van der Waals surface area contributed by atoms with Gasteiger partial charge >= 0.3 is 5.91 Å². The van der Waals surface area contributed by atoms with Gasteiger partial charge in [0.25, 0.3) is 0 Å². The van der Waals surface area contributed by atoms with Crippen LogP contribution in [-0.4, -0.2) is 58.2 Å². The fourth-order valence-corrected chi connectivity index (χ4v) is 3.94. The summed E-state index contributed by atoms with van der Waals surface area (Å²) in [5, 5.41) is 9.90. The molecule has 0 saturated carbocycles. The highest BCUT2D eigenvalue weighted by atomic mass is 35.5. The van der Waals surface area contributed by atoms with Crippen LogP contribution in [0.2, 0.25) is 10.0 Å². The molecule has 0 radical (unpaired) electrons. The van der Waals surface area contributed by atoms with Gasteiger partial charge < -0.3 is 0 Å². The standard InChI is InChI=1S/C20H27Cl2N4O/c1-14(2)13-25-9-4-8-24-10-7-17(23-24)11-15(3)26(25)20(27)16-5-6-18(21)19(22)12-16/h5-6,12,14H,4,7-11,13H2,1-3H3/q+1/b26-15-. The number of rotatable bonds is 3. The van der Waals surface area contributed by atoms with Gasteiger partial charge in [0.1, 0.15) is 0 Å². The Labute approximate surface area is 171 Å². The molecule has 2 aliphatic rings. The van der Waals surface area contributed by atoms with Crippen molar-refractivity contribution in [1.82, 2.24) is 10.0 Å². The van der Waals surface area contributed by atoms with E-state index in [-0.39, 0.29) is 5.91 Å². The molecule has 1 aromatic carbocycles. The number of hydrazine groups is 1. The topological polar surface area (TPSA) is 38.9 Å². The highest BCUT2D eigenvalue weighted by Crippen LogP contribution is 2.23. The molecule has 3 rings (SSSR count). The van der Waals surface area contributed by atoms with Crippen LogP contribution in [0.4, 0.5) is 0 Å². The molecule has 0 atom stereocenters. The Morgan fingerprint density at radius 1 is 1.22 bits per heavy atom. The van der Waals surface area contributed by atoms with Crippen molar-refractivity contribution in [2.45, 2.75) is 40.0 Å². The van der Waals surface area contributed by atoms with Crippen LogP contribution in [0.25, 0.3) is 0 Å². The zero-order valence-corrected chi connectivity index (χ0v) is 17.7. The van der Waals surface area contributed by atoms with E-state index in [4.69, 9.17) is 28.3 Å². The van der Waals surface area contributed by atoms with Crippen LogP contribution in [0.5, 0.6) is 0 Å². The number of benzene rings is 1. The second kappa shape index (κ2) is 8.61. The second-order valence-electron chi connectivity index (χ2n) is 7.69. The predicted octanol–water partition coefficient (Wildman–Crippen LogP) is 4.34. The number of carbonyl (C=O) groups is 1. The molecule has 2 bridgehead atoms. The minimum absolute atomic E-state index is 0.0669. The Morgan fingerprint density at radius 3 is 2.70 bits per heavy atom. The van der Waals surface area contributed by atoms with Crippen LogP contribution < -0.4 is 0 Å². The highest BCUT2D eigenvalue weighted by molar-refractivity contribution is 6.42. The summed E-state index contributed by atoms with van der Waals surface area (Å²) in [5.74, 6) is 0.377. The zero-order valence-electron chi connectivity index (χ0n) is 16.2. The third kappa shape index (κ3) is 4.82. The van der Waals surface area contributed by atoms with Crippen LogP contribution in [0.3, 0.4) is 0 Å². The van der Waals surface area contributed by atoms with Crippen molar-refractivity contribution in [3.8, 4) is 0 Å². The molecule has 0 aliphatic carbocycles. The lowest BCUT2D eigenvalue weighted by Gasteiger charge is -2.24. The van der Waals surface area contributed by atoms with Crippen LogP contribution in [-0.2, 0) is 0 Å². The molecule has 27 heavy (non-hydrogen) atoms. The van der Waals surface area contributed by atoms with Crippen molar-refractivity contribution in [3.05, 3.63) is 33.8 Å². The maximum absolute atomic E-state index is 13.4. The van der Waals surface area contributed by atoms with Gasteiger partial charge in [0.2, 0.25) is 0 Å². The van der Waals surface area contributed by atoms with Gasteiger partial charge in [-0.25, -0.2) is 4.79 Å². The van der Waals surface area contributed by atoms with Gasteiger partial charge in [0, 0.05) is 26.4 Å². The summed E-state index contributed by atoms with van der Waals surface area (Å²) in [6.45, 7) is 9.90. The summed E-state index contributed by atoms with van der Waals surface area (Å²) < 4.78 is 1.84. The first kappa shape index (κ1) is 20.2. The van der Waals surface area contributed by atoms with Gasteiger partial charge in [0.15, 0.2) is 5.71 Å². The fourth-order valence-electron chi connectivity index (χ4n) is 3.64. The molecule has 0 unspecified atom stereocenters. The van der Waals surface area contributed by atoms with Crippen molar-refractivity contribution >= 4 is 40.5 Å². The molecule has 2 heterocycles. The van der Waals surface area contributed by atoms with Gasteiger partial charge in [0.05, 0.1) is 40.8 Å². The Balaban J connectivity index is 2.01. The van der Waals surface area contributed by atoms with Gasteiger partial charge in [-0.05, 0) is 35.2 Å². The fraction of sp³-hybridized carbons (Fsp3) is 0.550. The van der Waals surface area contributed by atoms with E-state index in [1.807, 2.05) is 11.6 Å². The third-order valence-corrected chi connectivity index (χ3v) is 5.55. The van der Waals surface area contributed by atoms with Gasteiger partial charge in [-0.3, -0.25) is 5.01 Å². The van der Waals surface area contributed by atoms with Crippen molar-refractivity contribution in [2.24, 2.45) is 11.0 Å². The molecule has 1 aromatic rings. The van der Waals surface area contributed by atoms with Crippen molar-refractivity contribution in [1.29, 1.82) is 0 Å². The average Bonchev–Trinajstić information content (AvgIpc) is 3.03. The summed E-state index contributed by atoms with van der Waals surface area (Å²) in [6, 6.07) is 5.07. The Morgan fingerprint density at radius 2 is 2.00 bits per heavy atom. The predicted molar refractivity (Wildman–Crippen MR) is 111 cm³/mol. The molecule has 0 saturated heterocycles. The van der Waals surface area contributed by atoms with E-state index in [9.17, 15) is 4.79 Å². The van der Waals surface area contributed by atoms with Crippen molar-refractivity contribution in [3.63, 3.8) is 0 Å². The first-order valence-corrected chi connectivity index (χ1v) is 10.3. The van der Waals surface area contributed by atoms with Crippen molar-refractivity contribution in [2.75, 3.05) is 26.2 Å². The van der Waals surface area contributed by atoms with E-state index in [0.717, 1.165) is 50.4 Å². The number of fused-ring (bicyclic) bond motifs is 1. The van der Waals surface area contributed by atoms with E-state index in [0.29, 0.717) is 27.9 Å². The summed E-state index contributed by atoms with van der Waals surface area (Å²) in [4.78, 5) is 13.4. The number of halogens is 2. The van der Waals surface area contributed by atoms with Crippen LogP contribution in [0, 0.1) is 5.92 Å². The molecular weight excluding hydrogens is 383 g/mol. The quantitative estimate of drug-likeness (QED) is 0.697. The zero-order chi connectivity index (χ0) is 19.6. The molecule has 0 N–H and O–H groups in total. The van der Waals surface area contributed by atoms with Crippen molar-refractivity contribution < 1.29 is 9.48 Å². The number of amides is 1. The van der Waals surface area contributed by atoms with Gasteiger partial charge in [-0.15, -0.1) is 0 Å². The second-order valence-corrected chi connectivity index (χ2v) is 8.50. The number of hydrogen-bond donors (Lipinski definition) is 0. The number of hydrazone groups is 2. The molecule has 1 amide bonds. The van der Waals surface area contributed by atoms with E-state index in [2.05, 4.69) is 23.9 Å². The molecule has 7 heteroatoms. The highest BCUT2D eigenvalue weighted by Gasteiger charge is 2.33. The molecule has 146 valence electrons. The summed E-state index contributed by atoms with van der Waals surface area (Å²) >= 11 is 12.2. The smallest absolute Gasteiger partial charge is 0.297 e. The first-order chi connectivity index (χ1) is 12.8. The summed E-state index contributed by atoms with van der Waals surface area (Å²) in [5.41, 5.74) is 2.68. The van der Waals surface area contributed by atoms with Crippen LogP contribution in [0.1, 0.15) is 50.4 Å². The Hall–Kier alpha value is -1.59. The lowest BCUT2D eigenvalue weighted by molar-refractivity contribution is -0.612. The summed E-state index contributed by atoms with van der Waals surface area (Å²) in [7, 11) is 0. The average molecular weight is 410 g/mol. The molecule has 0 aromatic heterocycles. The molecule has 5 nitrogen and oxygen atoms in total. The largest absolute Gasteiger partial charge is 0.447 e. The lowest BCUT2D eigenvalue weighted by Crippen LogP contribution is -2.45. The number of hydrogen-bond acceptors (Lipinski definition) is 4. The maximum Gasteiger partial charge on any atom is 0.447 e. The Kier molecular flexibility index (Phi) is 6.43. The lowest BCUT2D eigenvalue weighted by atomic mass is 10.1. The Bertz CT molecular complexity index is 788. The first-order valence-electron chi connectivity index (χ1n) is 9.53. The molecule has 0 fully saturated rings. The normalized spacial score (nSPS) is 20.9. The van der Waals surface area contributed by atoms with Crippen LogP contribution >= 0.6 is 23.2 Å². The maximum atomic E-state index is 13.4. The van der Waals surface area contributed by atoms with E-state index >= 15 is 0 Å². The third-order valence-electron chi connectivity index (χ3n) is 4.81. The molecule has 2 aliphatic heterocycles. The monoisotopic (exact) mass is 409 g/mol. The number of nitrogens with zero attached hydrogens (tertiary/aromatic N) is 4. The minimum Gasteiger partial charge on any atom is -0.297 e. The van der Waals surface area contributed by atoms with Gasteiger partial charge in [-0.2, -0.15) is 10.1 Å². The SMILES string of the molecule is C/C1=[N+](\C(=O)c2ccc(Cl)c(Cl)c2)N(CC(C)C)CCCN2CCC(=N2)C1. The molecule has 0 spiro atoms. The van der Waals surface area contributed by atoms with E-state index < -0.39 is 0 Å². The molecular formula is C20H27Cl2N4O+. The van der Waals surface area contributed by atoms with E-state index in [1.165, 1.54) is 0 Å². The van der Waals surface area contributed by atoms with E-state index in [1.54, 1.807) is 18.2 Å². The van der Waals surface area contributed by atoms with Gasteiger partial charge in [-0.1, -0.05) is 37.0 Å². The minimum atomic E-state index is -0.0669.